The van der Waals surface area contributed by atoms with Crippen molar-refractivity contribution in [2.24, 2.45) is 0 Å². The van der Waals surface area contributed by atoms with E-state index in [1.807, 2.05) is 12.3 Å². The molecule has 0 radical (unpaired) electrons. The molecule has 1 N–H and O–H groups in total. The van der Waals surface area contributed by atoms with Gasteiger partial charge in [-0.3, -0.25) is 0 Å². The number of para-hydroxylation sites is 1. The summed E-state index contributed by atoms with van der Waals surface area (Å²) in [5, 5.41) is 3.38. The predicted octanol–water partition coefficient (Wildman–Crippen LogP) is 3.66. The first-order valence-corrected chi connectivity index (χ1v) is 7.25. The van der Waals surface area contributed by atoms with Crippen LogP contribution in [-0.2, 0) is 6.54 Å². The molecule has 0 fully saturated rings. The zero-order valence-corrected chi connectivity index (χ0v) is 12.6. The van der Waals surface area contributed by atoms with Crippen molar-refractivity contribution in [3.63, 3.8) is 0 Å². The molecule has 0 atom stereocenters. The summed E-state index contributed by atoms with van der Waals surface area (Å²) in [6.07, 6.45) is 1.87. The second-order valence-electron chi connectivity index (χ2n) is 4.80. The lowest BCUT2D eigenvalue weighted by molar-refractivity contribution is 0.722. The second kappa shape index (κ2) is 7.06. The number of nitrogens with zero attached hydrogens (tertiary/aromatic N) is 2. The van der Waals surface area contributed by atoms with Crippen molar-refractivity contribution in [1.82, 2.24) is 10.3 Å². The predicted molar refractivity (Wildman–Crippen MR) is 85.5 cm³/mol. The fourth-order valence-electron chi connectivity index (χ4n) is 2.37. The summed E-state index contributed by atoms with van der Waals surface area (Å²) in [5.74, 6) is 1.05. The van der Waals surface area contributed by atoms with Gasteiger partial charge in [0.1, 0.15) is 5.82 Å². The molecule has 0 aliphatic rings. The molecule has 0 aliphatic carbocycles. The molecule has 0 aliphatic heterocycles. The van der Waals surface area contributed by atoms with Crippen molar-refractivity contribution in [3.8, 4) is 0 Å². The summed E-state index contributed by atoms with van der Waals surface area (Å²) >= 11 is 0. The van der Waals surface area contributed by atoms with Crippen LogP contribution in [0.1, 0.15) is 25.0 Å². The SMILES string of the molecule is CCNCc1cccnc1N(CC)c1ccccc1C. The largest absolute Gasteiger partial charge is 0.326 e. The molecule has 20 heavy (non-hydrogen) atoms. The number of hydrogen-bond acceptors (Lipinski definition) is 3. The van der Waals surface area contributed by atoms with Crippen LogP contribution >= 0.6 is 0 Å². The standard InChI is InChI=1S/C17H23N3/c1-4-18-13-15-10-8-12-19-17(15)20(5-2)16-11-7-6-9-14(16)3/h6-12,18H,4-5,13H2,1-3H3. The summed E-state index contributed by atoms with van der Waals surface area (Å²) in [4.78, 5) is 6.89. The molecular formula is C17H23N3. The number of aromatic nitrogens is 1. The topological polar surface area (TPSA) is 28.2 Å². The molecule has 0 bridgehead atoms. The first kappa shape index (κ1) is 14.5. The van der Waals surface area contributed by atoms with Crippen molar-refractivity contribution in [1.29, 1.82) is 0 Å². The molecule has 0 amide bonds. The molecule has 1 aromatic carbocycles. The molecule has 0 spiro atoms. The highest BCUT2D eigenvalue weighted by atomic mass is 15.2. The van der Waals surface area contributed by atoms with E-state index in [0.717, 1.165) is 25.5 Å². The lowest BCUT2D eigenvalue weighted by Gasteiger charge is -2.26. The summed E-state index contributed by atoms with van der Waals surface area (Å²) < 4.78 is 0. The van der Waals surface area contributed by atoms with Crippen LogP contribution in [0.5, 0.6) is 0 Å². The van der Waals surface area contributed by atoms with Crippen molar-refractivity contribution in [2.45, 2.75) is 27.3 Å². The van der Waals surface area contributed by atoms with Gasteiger partial charge >= 0.3 is 0 Å². The maximum Gasteiger partial charge on any atom is 0.137 e. The van der Waals surface area contributed by atoms with Crippen LogP contribution in [0.25, 0.3) is 0 Å². The van der Waals surface area contributed by atoms with E-state index in [1.165, 1.54) is 16.8 Å². The van der Waals surface area contributed by atoms with E-state index in [-0.39, 0.29) is 0 Å². The molecule has 2 rings (SSSR count). The third-order valence-electron chi connectivity index (χ3n) is 3.41. The van der Waals surface area contributed by atoms with E-state index >= 15 is 0 Å². The minimum absolute atomic E-state index is 0.849. The van der Waals surface area contributed by atoms with Gasteiger partial charge in [-0.25, -0.2) is 4.98 Å². The summed E-state index contributed by atoms with van der Waals surface area (Å²) in [7, 11) is 0. The minimum atomic E-state index is 0.849. The van der Waals surface area contributed by atoms with Gasteiger partial charge in [0.25, 0.3) is 0 Å². The number of benzene rings is 1. The maximum atomic E-state index is 4.61. The molecule has 0 saturated heterocycles. The summed E-state index contributed by atoms with van der Waals surface area (Å²) in [6, 6.07) is 12.6. The van der Waals surface area contributed by atoms with E-state index in [4.69, 9.17) is 0 Å². The molecule has 2 aromatic rings. The van der Waals surface area contributed by atoms with E-state index in [2.05, 4.69) is 66.3 Å². The Morgan fingerprint density at radius 1 is 1.10 bits per heavy atom. The van der Waals surface area contributed by atoms with Crippen LogP contribution in [0.2, 0.25) is 0 Å². The van der Waals surface area contributed by atoms with Crippen LogP contribution in [0.4, 0.5) is 11.5 Å². The number of anilines is 2. The van der Waals surface area contributed by atoms with Gasteiger partial charge in [0, 0.05) is 30.5 Å². The van der Waals surface area contributed by atoms with E-state index in [9.17, 15) is 0 Å². The number of hydrogen-bond donors (Lipinski definition) is 1. The van der Waals surface area contributed by atoms with Gasteiger partial charge in [0.15, 0.2) is 0 Å². The van der Waals surface area contributed by atoms with Gasteiger partial charge in [-0.2, -0.15) is 0 Å². The zero-order valence-electron chi connectivity index (χ0n) is 12.6. The van der Waals surface area contributed by atoms with Crippen LogP contribution in [0, 0.1) is 6.92 Å². The Morgan fingerprint density at radius 3 is 2.60 bits per heavy atom. The molecule has 3 nitrogen and oxygen atoms in total. The highest BCUT2D eigenvalue weighted by Gasteiger charge is 2.14. The number of rotatable bonds is 6. The minimum Gasteiger partial charge on any atom is -0.326 e. The van der Waals surface area contributed by atoms with Crippen molar-refractivity contribution in [2.75, 3.05) is 18.0 Å². The maximum absolute atomic E-state index is 4.61. The van der Waals surface area contributed by atoms with E-state index < -0.39 is 0 Å². The Kier molecular flexibility index (Phi) is 5.13. The van der Waals surface area contributed by atoms with Gasteiger partial charge in [0.2, 0.25) is 0 Å². The van der Waals surface area contributed by atoms with Crippen LogP contribution < -0.4 is 10.2 Å². The van der Waals surface area contributed by atoms with E-state index in [1.54, 1.807) is 0 Å². The quantitative estimate of drug-likeness (QED) is 0.867. The monoisotopic (exact) mass is 269 g/mol. The van der Waals surface area contributed by atoms with Crippen LogP contribution in [0.15, 0.2) is 42.6 Å². The summed E-state index contributed by atoms with van der Waals surface area (Å²) in [5.41, 5.74) is 3.74. The van der Waals surface area contributed by atoms with Gasteiger partial charge < -0.3 is 10.2 Å². The normalized spacial score (nSPS) is 10.6. The fraction of sp³-hybridized carbons (Fsp3) is 0.353. The van der Waals surface area contributed by atoms with Gasteiger partial charge in [-0.1, -0.05) is 31.2 Å². The molecule has 106 valence electrons. The lowest BCUT2D eigenvalue weighted by Crippen LogP contribution is -2.22. The van der Waals surface area contributed by atoms with Gasteiger partial charge in [-0.15, -0.1) is 0 Å². The Labute approximate surface area is 121 Å². The third-order valence-corrected chi connectivity index (χ3v) is 3.41. The Balaban J connectivity index is 2.39. The average Bonchev–Trinajstić information content (AvgIpc) is 2.49. The van der Waals surface area contributed by atoms with Crippen molar-refractivity contribution < 1.29 is 0 Å². The molecule has 0 unspecified atom stereocenters. The number of aryl methyl sites for hydroxylation is 1. The number of nitrogens with one attached hydrogen (secondary N) is 1. The number of pyridine rings is 1. The van der Waals surface area contributed by atoms with Crippen molar-refractivity contribution in [3.05, 3.63) is 53.7 Å². The molecule has 1 aromatic heterocycles. The van der Waals surface area contributed by atoms with Gasteiger partial charge in [-0.05, 0) is 38.1 Å². The second-order valence-corrected chi connectivity index (χ2v) is 4.80. The molecular weight excluding hydrogens is 246 g/mol. The van der Waals surface area contributed by atoms with E-state index in [0.29, 0.717) is 0 Å². The first-order chi connectivity index (χ1) is 9.77. The Hall–Kier alpha value is -1.87. The average molecular weight is 269 g/mol. The lowest BCUT2D eigenvalue weighted by atomic mass is 10.1. The molecule has 0 saturated carbocycles. The van der Waals surface area contributed by atoms with Crippen molar-refractivity contribution >= 4 is 11.5 Å². The van der Waals surface area contributed by atoms with Gasteiger partial charge in [0.05, 0.1) is 0 Å². The Bertz CT molecular complexity index is 551. The Morgan fingerprint density at radius 2 is 1.90 bits per heavy atom. The summed E-state index contributed by atoms with van der Waals surface area (Å²) in [6.45, 7) is 9.14. The molecule has 3 heteroatoms. The fourth-order valence-corrected chi connectivity index (χ4v) is 2.37. The smallest absolute Gasteiger partial charge is 0.137 e. The van der Waals surface area contributed by atoms with Crippen LogP contribution in [0.3, 0.4) is 0 Å². The first-order valence-electron chi connectivity index (χ1n) is 7.25. The van der Waals surface area contributed by atoms with Crippen LogP contribution in [-0.4, -0.2) is 18.1 Å². The zero-order chi connectivity index (χ0) is 14.4. The highest BCUT2D eigenvalue weighted by Crippen LogP contribution is 2.28. The highest BCUT2D eigenvalue weighted by molar-refractivity contribution is 5.65. The third kappa shape index (κ3) is 3.17. The molecule has 1 heterocycles.